The molecule has 2 unspecified atom stereocenters. The third-order valence-corrected chi connectivity index (χ3v) is 3.87. The standard InChI is InChI=1S/C15H21NO2/c1-11-9-13(5-6-16-11)12-3-4-14-15(10-12)18-8-2-7-17-14/h3-4,10-11,13,16H,2,5-9H2,1H3. The van der Waals surface area contributed by atoms with E-state index in [4.69, 9.17) is 9.47 Å². The SMILES string of the molecule is CC1CC(c2ccc3c(c2)OCCCO3)CCN1. The summed E-state index contributed by atoms with van der Waals surface area (Å²) in [5.74, 6) is 2.48. The Hall–Kier alpha value is -1.22. The number of piperidine rings is 1. The van der Waals surface area contributed by atoms with Crippen molar-refractivity contribution in [3.8, 4) is 11.5 Å². The molecule has 2 heterocycles. The number of rotatable bonds is 1. The van der Waals surface area contributed by atoms with E-state index < -0.39 is 0 Å². The molecule has 1 aromatic rings. The highest BCUT2D eigenvalue weighted by atomic mass is 16.5. The number of benzene rings is 1. The van der Waals surface area contributed by atoms with Crippen LogP contribution in [0.15, 0.2) is 18.2 Å². The lowest BCUT2D eigenvalue weighted by atomic mass is 9.87. The van der Waals surface area contributed by atoms with Crippen molar-refractivity contribution in [3.05, 3.63) is 23.8 Å². The van der Waals surface area contributed by atoms with E-state index in [1.54, 1.807) is 0 Å². The first-order valence-corrected chi connectivity index (χ1v) is 6.96. The minimum absolute atomic E-state index is 0.611. The van der Waals surface area contributed by atoms with Gasteiger partial charge in [0, 0.05) is 12.5 Å². The van der Waals surface area contributed by atoms with Crippen molar-refractivity contribution in [1.29, 1.82) is 0 Å². The van der Waals surface area contributed by atoms with E-state index >= 15 is 0 Å². The van der Waals surface area contributed by atoms with Crippen LogP contribution in [0.5, 0.6) is 11.5 Å². The van der Waals surface area contributed by atoms with Gasteiger partial charge in [0.05, 0.1) is 13.2 Å². The number of hydrogen-bond acceptors (Lipinski definition) is 3. The lowest BCUT2D eigenvalue weighted by molar-refractivity contribution is 0.296. The number of fused-ring (bicyclic) bond motifs is 1. The van der Waals surface area contributed by atoms with E-state index in [-0.39, 0.29) is 0 Å². The van der Waals surface area contributed by atoms with Crippen LogP contribution in [-0.2, 0) is 0 Å². The van der Waals surface area contributed by atoms with Gasteiger partial charge >= 0.3 is 0 Å². The second-order valence-corrected chi connectivity index (χ2v) is 5.33. The van der Waals surface area contributed by atoms with Gasteiger partial charge in [-0.3, -0.25) is 0 Å². The molecule has 2 aliphatic heterocycles. The highest BCUT2D eigenvalue weighted by Crippen LogP contribution is 2.35. The molecule has 2 atom stereocenters. The van der Waals surface area contributed by atoms with Gasteiger partial charge in [0.15, 0.2) is 11.5 Å². The topological polar surface area (TPSA) is 30.5 Å². The molecular formula is C15H21NO2. The normalized spacial score (nSPS) is 27.6. The Morgan fingerprint density at radius 3 is 2.83 bits per heavy atom. The molecule has 3 heteroatoms. The summed E-state index contributed by atoms with van der Waals surface area (Å²) in [6, 6.07) is 7.07. The van der Waals surface area contributed by atoms with Crippen LogP contribution in [0.2, 0.25) is 0 Å². The number of hydrogen-bond donors (Lipinski definition) is 1. The van der Waals surface area contributed by atoms with Gasteiger partial charge in [0.1, 0.15) is 0 Å². The van der Waals surface area contributed by atoms with Gasteiger partial charge in [-0.15, -0.1) is 0 Å². The minimum atomic E-state index is 0.611. The van der Waals surface area contributed by atoms with Crippen LogP contribution in [0.1, 0.15) is 37.7 Å². The third kappa shape index (κ3) is 2.46. The molecule has 2 aliphatic rings. The molecule has 0 aliphatic carbocycles. The number of nitrogens with one attached hydrogen (secondary N) is 1. The summed E-state index contributed by atoms with van der Waals surface area (Å²) in [7, 11) is 0. The lowest BCUT2D eigenvalue weighted by Gasteiger charge is -2.28. The highest BCUT2D eigenvalue weighted by Gasteiger charge is 2.21. The van der Waals surface area contributed by atoms with Crippen molar-refractivity contribution < 1.29 is 9.47 Å². The molecule has 18 heavy (non-hydrogen) atoms. The molecule has 1 N–H and O–H groups in total. The summed E-state index contributed by atoms with van der Waals surface area (Å²) in [4.78, 5) is 0. The van der Waals surface area contributed by atoms with Crippen LogP contribution >= 0.6 is 0 Å². The average Bonchev–Trinajstić information content (AvgIpc) is 2.63. The van der Waals surface area contributed by atoms with Gasteiger partial charge in [-0.25, -0.2) is 0 Å². The maximum Gasteiger partial charge on any atom is 0.161 e. The second kappa shape index (κ2) is 5.19. The Labute approximate surface area is 108 Å². The second-order valence-electron chi connectivity index (χ2n) is 5.33. The third-order valence-electron chi connectivity index (χ3n) is 3.87. The monoisotopic (exact) mass is 247 g/mol. The molecule has 0 saturated carbocycles. The van der Waals surface area contributed by atoms with Crippen LogP contribution < -0.4 is 14.8 Å². The predicted octanol–water partition coefficient (Wildman–Crippen LogP) is 2.70. The zero-order chi connectivity index (χ0) is 12.4. The maximum absolute atomic E-state index is 5.77. The zero-order valence-electron chi connectivity index (χ0n) is 10.9. The molecule has 98 valence electrons. The Morgan fingerprint density at radius 2 is 2.00 bits per heavy atom. The van der Waals surface area contributed by atoms with Crippen molar-refractivity contribution in [3.63, 3.8) is 0 Å². The summed E-state index contributed by atoms with van der Waals surface area (Å²) in [6.07, 6.45) is 3.39. The fourth-order valence-electron chi connectivity index (χ4n) is 2.87. The van der Waals surface area contributed by atoms with Gasteiger partial charge in [0.2, 0.25) is 0 Å². The molecule has 0 spiro atoms. The molecule has 0 radical (unpaired) electrons. The first-order chi connectivity index (χ1) is 8.83. The molecule has 3 rings (SSSR count). The quantitative estimate of drug-likeness (QED) is 0.827. The van der Waals surface area contributed by atoms with Gasteiger partial charge < -0.3 is 14.8 Å². The van der Waals surface area contributed by atoms with E-state index in [2.05, 4.69) is 30.4 Å². The van der Waals surface area contributed by atoms with E-state index in [1.165, 1.54) is 18.4 Å². The molecule has 1 fully saturated rings. The summed E-state index contributed by atoms with van der Waals surface area (Å²) in [5, 5.41) is 3.50. The molecule has 0 amide bonds. The lowest BCUT2D eigenvalue weighted by Crippen LogP contribution is -2.34. The molecule has 1 aromatic carbocycles. The van der Waals surface area contributed by atoms with Crippen molar-refractivity contribution in [2.75, 3.05) is 19.8 Å². The molecule has 3 nitrogen and oxygen atoms in total. The Morgan fingerprint density at radius 1 is 1.17 bits per heavy atom. The zero-order valence-corrected chi connectivity index (χ0v) is 10.9. The highest BCUT2D eigenvalue weighted by molar-refractivity contribution is 5.44. The van der Waals surface area contributed by atoms with E-state index in [0.717, 1.165) is 37.7 Å². The van der Waals surface area contributed by atoms with Crippen LogP contribution in [0, 0.1) is 0 Å². The van der Waals surface area contributed by atoms with Gasteiger partial charge in [-0.2, -0.15) is 0 Å². The van der Waals surface area contributed by atoms with Crippen molar-refractivity contribution in [2.24, 2.45) is 0 Å². The summed E-state index contributed by atoms with van der Waals surface area (Å²) in [5.41, 5.74) is 1.40. The smallest absolute Gasteiger partial charge is 0.161 e. The minimum Gasteiger partial charge on any atom is -0.490 e. The van der Waals surface area contributed by atoms with Gasteiger partial charge in [0.25, 0.3) is 0 Å². The Kier molecular flexibility index (Phi) is 3.41. The Bertz CT molecular complexity index is 419. The predicted molar refractivity (Wildman–Crippen MR) is 71.5 cm³/mol. The first-order valence-electron chi connectivity index (χ1n) is 6.96. The average molecular weight is 247 g/mol. The fraction of sp³-hybridized carbons (Fsp3) is 0.600. The first kappa shape index (κ1) is 11.8. The number of ether oxygens (including phenoxy) is 2. The van der Waals surface area contributed by atoms with Gasteiger partial charge in [-0.1, -0.05) is 6.07 Å². The van der Waals surface area contributed by atoms with Gasteiger partial charge in [-0.05, 0) is 49.9 Å². The summed E-state index contributed by atoms with van der Waals surface area (Å²) in [6.45, 7) is 4.89. The summed E-state index contributed by atoms with van der Waals surface area (Å²) < 4.78 is 11.4. The van der Waals surface area contributed by atoms with Crippen molar-refractivity contribution in [1.82, 2.24) is 5.32 Å². The van der Waals surface area contributed by atoms with Crippen LogP contribution in [0.25, 0.3) is 0 Å². The molecule has 0 bridgehead atoms. The van der Waals surface area contributed by atoms with Crippen molar-refractivity contribution in [2.45, 2.75) is 38.1 Å². The van der Waals surface area contributed by atoms with E-state index in [9.17, 15) is 0 Å². The van der Waals surface area contributed by atoms with Crippen LogP contribution in [0.4, 0.5) is 0 Å². The maximum atomic E-state index is 5.77. The van der Waals surface area contributed by atoms with E-state index in [1.807, 2.05) is 0 Å². The van der Waals surface area contributed by atoms with Crippen LogP contribution in [0.3, 0.4) is 0 Å². The van der Waals surface area contributed by atoms with E-state index in [0.29, 0.717) is 12.0 Å². The summed E-state index contributed by atoms with van der Waals surface area (Å²) >= 11 is 0. The largest absolute Gasteiger partial charge is 0.490 e. The molecule has 0 aromatic heterocycles. The Balaban J connectivity index is 1.82. The van der Waals surface area contributed by atoms with Crippen LogP contribution in [-0.4, -0.2) is 25.8 Å². The molecular weight excluding hydrogens is 226 g/mol. The molecule has 1 saturated heterocycles. The fourth-order valence-corrected chi connectivity index (χ4v) is 2.87. The van der Waals surface area contributed by atoms with Crippen molar-refractivity contribution >= 4 is 0 Å².